The van der Waals surface area contributed by atoms with Gasteiger partial charge in [0, 0.05) is 11.6 Å². The molecule has 0 aliphatic carbocycles. The van der Waals surface area contributed by atoms with E-state index in [2.05, 4.69) is 5.32 Å². The van der Waals surface area contributed by atoms with Crippen LogP contribution in [0.2, 0.25) is 0 Å². The van der Waals surface area contributed by atoms with E-state index in [0.717, 1.165) is 5.56 Å². The third kappa shape index (κ3) is 2.50. The Hall–Kier alpha value is -0.540. The smallest absolute Gasteiger partial charge is 0.120 e. The van der Waals surface area contributed by atoms with Crippen LogP contribution in [0.15, 0.2) is 24.3 Å². The summed E-state index contributed by atoms with van der Waals surface area (Å²) in [5, 5.41) is 12.4. The van der Waals surface area contributed by atoms with Crippen molar-refractivity contribution in [3.8, 4) is 5.75 Å². The van der Waals surface area contributed by atoms with Gasteiger partial charge in [0.2, 0.25) is 0 Å². The Bertz CT molecular complexity index is 240. The fourth-order valence-electron chi connectivity index (χ4n) is 1.01. The van der Waals surface area contributed by atoms with Gasteiger partial charge < -0.3 is 10.4 Å². The van der Waals surface area contributed by atoms with Crippen molar-refractivity contribution in [2.75, 3.05) is 7.05 Å². The quantitative estimate of drug-likeness (QED) is 0.819. The molecule has 0 saturated carbocycles. The normalized spacial score (nSPS) is 11.8. The highest BCUT2D eigenvalue weighted by molar-refractivity contribution is 8.93. The van der Waals surface area contributed by atoms with Crippen LogP contribution >= 0.6 is 17.0 Å². The van der Waals surface area contributed by atoms with E-state index in [0.29, 0.717) is 5.75 Å². The fourth-order valence-corrected chi connectivity index (χ4v) is 1.01. The molecule has 1 rings (SSSR count). The lowest BCUT2D eigenvalue weighted by atomic mass is 10.1. The lowest BCUT2D eigenvalue weighted by molar-refractivity contribution is 0.458. The summed E-state index contributed by atoms with van der Waals surface area (Å²) in [4.78, 5) is 0. The zero-order valence-electron chi connectivity index (χ0n) is 7.24. The van der Waals surface area contributed by atoms with E-state index in [1.807, 2.05) is 32.2 Å². The molecule has 1 aromatic rings. The Morgan fingerprint density at radius 3 is 2.42 bits per heavy atom. The van der Waals surface area contributed by atoms with Crippen molar-refractivity contribution < 1.29 is 5.11 Å². The van der Waals surface area contributed by atoms with E-state index < -0.39 is 0 Å². The molecule has 0 radical (unpaired) electrons. The lowest BCUT2D eigenvalue weighted by Gasteiger charge is -2.11. The lowest BCUT2D eigenvalue weighted by Crippen LogP contribution is -2.12. The van der Waals surface area contributed by atoms with Crippen LogP contribution in [0.25, 0.3) is 0 Å². The topological polar surface area (TPSA) is 32.3 Å². The van der Waals surface area contributed by atoms with Crippen LogP contribution in [0.1, 0.15) is 18.5 Å². The number of phenolic OH excluding ortho intramolecular Hbond substituents is 1. The molecule has 2 nitrogen and oxygen atoms in total. The first kappa shape index (κ1) is 11.5. The van der Waals surface area contributed by atoms with Crippen LogP contribution in [0.3, 0.4) is 0 Å². The highest BCUT2D eigenvalue weighted by atomic mass is 79.9. The average molecular weight is 232 g/mol. The maximum atomic E-state index is 9.37. The van der Waals surface area contributed by atoms with Crippen LogP contribution in [-0.4, -0.2) is 12.2 Å². The summed E-state index contributed by atoms with van der Waals surface area (Å²) >= 11 is 0. The molecular formula is C9H14BrNO. The summed E-state index contributed by atoms with van der Waals surface area (Å²) in [7, 11) is 1.87. The third-order valence-electron chi connectivity index (χ3n) is 1.84. The average Bonchev–Trinajstić information content (AvgIpc) is 2.04. The molecule has 0 aliphatic heterocycles. The van der Waals surface area contributed by atoms with Gasteiger partial charge in [-0.05, 0) is 20.0 Å². The van der Waals surface area contributed by atoms with E-state index >= 15 is 0 Å². The summed E-state index contributed by atoms with van der Waals surface area (Å²) in [5.74, 6) is 0.356. The van der Waals surface area contributed by atoms with Gasteiger partial charge in [-0.1, -0.05) is 18.2 Å². The minimum absolute atomic E-state index is 0. The summed E-state index contributed by atoms with van der Waals surface area (Å²) in [6, 6.07) is 7.56. The Kier molecular flexibility index (Phi) is 4.93. The summed E-state index contributed by atoms with van der Waals surface area (Å²) in [6.07, 6.45) is 0. The van der Waals surface area contributed by atoms with E-state index in [1.165, 1.54) is 0 Å². The SMILES string of the molecule is Br.CNC(C)c1ccccc1O. The van der Waals surface area contributed by atoms with Crippen LogP contribution in [0.4, 0.5) is 0 Å². The molecule has 0 saturated heterocycles. The van der Waals surface area contributed by atoms with Gasteiger partial charge >= 0.3 is 0 Å². The summed E-state index contributed by atoms with van der Waals surface area (Å²) in [6.45, 7) is 2.01. The van der Waals surface area contributed by atoms with Gasteiger partial charge in [0.1, 0.15) is 5.75 Å². The van der Waals surface area contributed by atoms with E-state index in [9.17, 15) is 5.11 Å². The second kappa shape index (κ2) is 5.17. The van der Waals surface area contributed by atoms with Crippen LogP contribution in [-0.2, 0) is 0 Å². The third-order valence-corrected chi connectivity index (χ3v) is 1.84. The van der Waals surface area contributed by atoms with Gasteiger partial charge in [0.05, 0.1) is 0 Å². The second-order valence-electron chi connectivity index (χ2n) is 2.57. The van der Waals surface area contributed by atoms with Gasteiger partial charge in [-0.3, -0.25) is 0 Å². The summed E-state index contributed by atoms with van der Waals surface area (Å²) < 4.78 is 0. The first-order valence-electron chi connectivity index (χ1n) is 3.71. The molecule has 12 heavy (non-hydrogen) atoms. The van der Waals surface area contributed by atoms with Crippen molar-refractivity contribution in [2.45, 2.75) is 13.0 Å². The van der Waals surface area contributed by atoms with Gasteiger partial charge in [-0.25, -0.2) is 0 Å². The second-order valence-corrected chi connectivity index (χ2v) is 2.57. The number of benzene rings is 1. The molecular weight excluding hydrogens is 218 g/mol. The Balaban J connectivity index is 0.00000121. The fraction of sp³-hybridized carbons (Fsp3) is 0.333. The number of aromatic hydroxyl groups is 1. The number of nitrogens with one attached hydrogen (secondary N) is 1. The minimum Gasteiger partial charge on any atom is -0.508 e. The minimum atomic E-state index is 0. The predicted molar refractivity (Wildman–Crippen MR) is 55.9 cm³/mol. The van der Waals surface area contributed by atoms with Crippen molar-refractivity contribution in [1.29, 1.82) is 0 Å². The van der Waals surface area contributed by atoms with Crippen LogP contribution < -0.4 is 5.32 Å². The first-order valence-corrected chi connectivity index (χ1v) is 3.71. The maximum absolute atomic E-state index is 9.37. The zero-order chi connectivity index (χ0) is 8.27. The molecule has 0 aliphatic rings. The van der Waals surface area contributed by atoms with Crippen LogP contribution in [0.5, 0.6) is 5.75 Å². The van der Waals surface area contributed by atoms with Crippen molar-refractivity contribution in [2.24, 2.45) is 0 Å². The highest BCUT2D eigenvalue weighted by Gasteiger charge is 2.05. The molecule has 0 heterocycles. The van der Waals surface area contributed by atoms with Crippen molar-refractivity contribution in [3.05, 3.63) is 29.8 Å². The number of para-hydroxylation sites is 1. The standard InChI is InChI=1S/C9H13NO.BrH/c1-7(10-2)8-5-3-4-6-9(8)11;/h3-7,10-11H,1-2H3;1H. The Morgan fingerprint density at radius 2 is 1.92 bits per heavy atom. The van der Waals surface area contributed by atoms with Crippen molar-refractivity contribution in [1.82, 2.24) is 5.32 Å². The number of phenols is 1. The van der Waals surface area contributed by atoms with Gasteiger partial charge in [0.15, 0.2) is 0 Å². The molecule has 2 N–H and O–H groups in total. The number of hydrogen-bond donors (Lipinski definition) is 2. The van der Waals surface area contributed by atoms with E-state index in [1.54, 1.807) is 6.07 Å². The van der Waals surface area contributed by atoms with Crippen LogP contribution in [0, 0.1) is 0 Å². The van der Waals surface area contributed by atoms with Crippen molar-refractivity contribution in [3.63, 3.8) is 0 Å². The molecule has 1 atom stereocenters. The van der Waals surface area contributed by atoms with E-state index in [4.69, 9.17) is 0 Å². The molecule has 3 heteroatoms. The van der Waals surface area contributed by atoms with Gasteiger partial charge in [-0.15, -0.1) is 17.0 Å². The predicted octanol–water partition coefficient (Wildman–Crippen LogP) is 2.25. The molecule has 0 aromatic heterocycles. The highest BCUT2D eigenvalue weighted by Crippen LogP contribution is 2.22. The van der Waals surface area contributed by atoms with Gasteiger partial charge in [0.25, 0.3) is 0 Å². The molecule has 68 valence electrons. The number of halogens is 1. The number of rotatable bonds is 2. The molecule has 1 aromatic carbocycles. The van der Waals surface area contributed by atoms with Gasteiger partial charge in [-0.2, -0.15) is 0 Å². The summed E-state index contributed by atoms with van der Waals surface area (Å²) in [5.41, 5.74) is 0.940. The molecule has 0 fully saturated rings. The van der Waals surface area contributed by atoms with E-state index in [-0.39, 0.29) is 23.0 Å². The Labute approximate surface area is 83.4 Å². The molecule has 0 spiro atoms. The van der Waals surface area contributed by atoms with Crippen molar-refractivity contribution >= 4 is 17.0 Å². The molecule has 0 amide bonds. The monoisotopic (exact) mass is 231 g/mol. The molecule has 0 bridgehead atoms. The zero-order valence-corrected chi connectivity index (χ0v) is 8.96. The molecule has 1 unspecified atom stereocenters. The first-order chi connectivity index (χ1) is 5.25. The Morgan fingerprint density at radius 1 is 1.33 bits per heavy atom. The largest absolute Gasteiger partial charge is 0.508 e. The number of hydrogen-bond acceptors (Lipinski definition) is 2. The maximum Gasteiger partial charge on any atom is 0.120 e.